The number of carbonyl (C=O) groups excluding carboxylic acids is 1. The molecule has 1 aromatic carbocycles. The highest BCUT2D eigenvalue weighted by Gasteiger charge is 2.18. The van der Waals surface area contributed by atoms with Gasteiger partial charge in [0.1, 0.15) is 11.4 Å². The number of ketones is 1. The van der Waals surface area contributed by atoms with Gasteiger partial charge < -0.3 is 4.74 Å². The number of pyridine rings is 1. The number of aromatic nitrogens is 1. The summed E-state index contributed by atoms with van der Waals surface area (Å²) < 4.78 is 5.71. The van der Waals surface area contributed by atoms with Crippen LogP contribution in [0.4, 0.5) is 0 Å². The van der Waals surface area contributed by atoms with E-state index in [1.165, 1.54) is 0 Å². The minimum absolute atomic E-state index is 0.0262. The van der Waals surface area contributed by atoms with Crippen molar-refractivity contribution < 1.29 is 9.53 Å². The Labute approximate surface area is 119 Å². The molecule has 0 fully saturated rings. The molecule has 104 valence electrons. The monoisotopic (exact) mass is 269 g/mol. The highest BCUT2D eigenvalue weighted by Crippen LogP contribution is 2.23. The molecule has 3 nitrogen and oxygen atoms in total. The molecule has 1 heterocycles. The second-order valence-electron chi connectivity index (χ2n) is 4.86. The molecule has 0 bridgehead atoms. The van der Waals surface area contributed by atoms with Crippen LogP contribution in [0.3, 0.4) is 0 Å². The molecular formula is C17H19NO2. The number of hydrogen-bond acceptors (Lipinski definition) is 3. The molecule has 0 amide bonds. The molecule has 0 aliphatic heterocycles. The smallest absolute Gasteiger partial charge is 0.215 e. The van der Waals surface area contributed by atoms with E-state index in [2.05, 4.69) is 4.98 Å². The van der Waals surface area contributed by atoms with Crippen molar-refractivity contribution in [2.75, 3.05) is 0 Å². The summed E-state index contributed by atoms with van der Waals surface area (Å²) in [5.41, 5.74) is 2.03. The van der Waals surface area contributed by atoms with Crippen molar-refractivity contribution in [3.8, 4) is 5.75 Å². The van der Waals surface area contributed by atoms with E-state index < -0.39 is 0 Å². The average Bonchev–Trinajstić information content (AvgIpc) is 2.46. The van der Waals surface area contributed by atoms with E-state index in [0.29, 0.717) is 17.0 Å². The van der Waals surface area contributed by atoms with E-state index in [0.717, 1.165) is 12.0 Å². The number of benzene rings is 1. The first-order valence-corrected chi connectivity index (χ1v) is 6.87. The highest BCUT2D eigenvalue weighted by atomic mass is 16.5. The van der Waals surface area contributed by atoms with Gasteiger partial charge in [0.15, 0.2) is 0 Å². The first kappa shape index (κ1) is 14.3. The third-order valence-electron chi connectivity index (χ3n) is 2.98. The van der Waals surface area contributed by atoms with Crippen molar-refractivity contribution >= 4 is 5.78 Å². The van der Waals surface area contributed by atoms with Crippen molar-refractivity contribution in [1.29, 1.82) is 0 Å². The molecule has 0 saturated heterocycles. The van der Waals surface area contributed by atoms with Gasteiger partial charge in [-0.2, -0.15) is 0 Å². The van der Waals surface area contributed by atoms with Gasteiger partial charge in [-0.3, -0.25) is 9.78 Å². The number of nitrogens with zero attached hydrogens (tertiary/aromatic N) is 1. The highest BCUT2D eigenvalue weighted by molar-refractivity contribution is 6.10. The Morgan fingerprint density at radius 2 is 1.95 bits per heavy atom. The van der Waals surface area contributed by atoms with Crippen molar-refractivity contribution in [3.63, 3.8) is 0 Å². The van der Waals surface area contributed by atoms with Gasteiger partial charge in [0.25, 0.3) is 0 Å². The van der Waals surface area contributed by atoms with E-state index in [-0.39, 0.29) is 11.9 Å². The first-order chi connectivity index (χ1) is 9.63. The number of para-hydroxylation sites is 1. The zero-order chi connectivity index (χ0) is 14.5. The van der Waals surface area contributed by atoms with Crippen molar-refractivity contribution in [2.24, 2.45) is 0 Å². The van der Waals surface area contributed by atoms with Crippen molar-refractivity contribution in [3.05, 3.63) is 59.4 Å². The largest absolute Gasteiger partial charge is 0.490 e. The molecule has 1 aromatic heterocycles. The second-order valence-corrected chi connectivity index (χ2v) is 4.86. The summed E-state index contributed by atoms with van der Waals surface area (Å²) in [5.74, 6) is 0.527. The van der Waals surface area contributed by atoms with Crippen molar-refractivity contribution in [2.45, 2.75) is 33.3 Å². The number of carbonyl (C=O) groups is 1. The molecule has 0 aliphatic carbocycles. The quantitative estimate of drug-likeness (QED) is 0.777. The van der Waals surface area contributed by atoms with Gasteiger partial charge in [-0.05, 0) is 44.0 Å². The van der Waals surface area contributed by atoms with Gasteiger partial charge in [-0.15, -0.1) is 0 Å². The number of hydrogen-bond donors (Lipinski definition) is 0. The van der Waals surface area contributed by atoms with Crippen LogP contribution in [0.15, 0.2) is 42.6 Å². The molecule has 2 rings (SSSR count). The summed E-state index contributed by atoms with van der Waals surface area (Å²) in [6, 6.07) is 11.1. The Balaban J connectivity index is 2.43. The van der Waals surface area contributed by atoms with E-state index in [1.54, 1.807) is 12.3 Å². The summed E-state index contributed by atoms with van der Waals surface area (Å²) in [6.07, 6.45) is 2.46. The lowest BCUT2D eigenvalue weighted by Gasteiger charge is -2.14. The van der Waals surface area contributed by atoms with Gasteiger partial charge in [-0.1, -0.05) is 25.1 Å². The predicted octanol–water partition coefficient (Wildman–Crippen LogP) is 3.66. The number of rotatable bonds is 5. The van der Waals surface area contributed by atoms with Gasteiger partial charge in [-0.25, -0.2) is 0 Å². The van der Waals surface area contributed by atoms with Gasteiger partial charge in [0, 0.05) is 6.20 Å². The zero-order valence-electron chi connectivity index (χ0n) is 12.1. The Morgan fingerprint density at radius 1 is 1.20 bits per heavy atom. The third-order valence-corrected chi connectivity index (χ3v) is 2.98. The third kappa shape index (κ3) is 3.05. The van der Waals surface area contributed by atoms with Crippen molar-refractivity contribution in [1.82, 2.24) is 4.98 Å². The van der Waals surface area contributed by atoms with E-state index in [1.807, 2.05) is 51.1 Å². The van der Waals surface area contributed by atoms with Crippen LogP contribution in [0.1, 0.15) is 42.4 Å². The van der Waals surface area contributed by atoms with E-state index >= 15 is 0 Å². The Hall–Kier alpha value is -2.16. The number of ether oxygens (including phenoxy) is 1. The van der Waals surface area contributed by atoms with Crippen LogP contribution in [0.2, 0.25) is 0 Å². The topological polar surface area (TPSA) is 39.2 Å². The maximum absolute atomic E-state index is 12.7. The average molecular weight is 269 g/mol. The SMILES string of the molecule is CCc1cccnc1C(=O)c1ccccc1OC(C)C. The molecule has 0 aliphatic rings. The fraction of sp³-hybridized carbons (Fsp3) is 0.294. The minimum Gasteiger partial charge on any atom is -0.490 e. The fourth-order valence-corrected chi connectivity index (χ4v) is 2.07. The Bertz CT molecular complexity index is 605. The summed E-state index contributed by atoms with van der Waals surface area (Å²) in [4.78, 5) is 16.9. The molecule has 0 radical (unpaired) electrons. The second kappa shape index (κ2) is 6.33. The number of aryl methyl sites for hydroxylation is 1. The van der Waals surface area contributed by atoms with Crippen LogP contribution < -0.4 is 4.74 Å². The fourth-order valence-electron chi connectivity index (χ4n) is 2.07. The molecule has 2 aromatic rings. The molecular weight excluding hydrogens is 250 g/mol. The molecule has 0 saturated carbocycles. The van der Waals surface area contributed by atoms with Crippen LogP contribution in [0.5, 0.6) is 5.75 Å². The molecule has 0 N–H and O–H groups in total. The lowest BCUT2D eigenvalue weighted by Crippen LogP contribution is -2.12. The van der Waals surface area contributed by atoms with Crippen LogP contribution in [0.25, 0.3) is 0 Å². The molecule has 0 atom stereocenters. The van der Waals surface area contributed by atoms with Gasteiger partial charge >= 0.3 is 0 Å². The van der Waals surface area contributed by atoms with Crippen LogP contribution in [-0.4, -0.2) is 16.9 Å². The summed E-state index contributed by atoms with van der Waals surface area (Å²) in [6.45, 7) is 5.91. The van der Waals surface area contributed by atoms with Crippen LogP contribution in [0, 0.1) is 0 Å². The first-order valence-electron chi connectivity index (χ1n) is 6.87. The van der Waals surface area contributed by atoms with Gasteiger partial charge in [0.05, 0.1) is 11.7 Å². The predicted molar refractivity (Wildman–Crippen MR) is 79.3 cm³/mol. The maximum atomic E-state index is 12.7. The zero-order valence-corrected chi connectivity index (χ0v) is 12.1. The molecule has 20 heavy (non-hydrogen) atoms. The molecule has 0 spiro atoms. The lowest BCUT2D eigenvalue weighted by atomic mass is 10.0. The Morgan fingerprint density at radius 3 is 2.65 bits per heavy atom. The standard InChI is InChI=1S/C17H19NO2/c1-4-13-8-7-11-18-16(13)17(19)14-9-5-6-10-15(14)20-12(2)3/h5-12H,4H2,1-3H3. The summed E-state index contributed by atoms with van der Waals surface area (Å²) >= 11 is 0. The minimum atomic E-state index is -0.0845. The van der Waals surface area contributed by atoms with E-state index in [4.69, 9.17) is 4.74 Å². The van der Waals surface area contributed by atoms with Crippen LogP contribution >= 0.6 is 0 Å². The van der Waals surface area contributed by atoms with E-state index in [9.17, 15) is 4.79 Å². The molecule has 0 unspecified atom stereocenters. The summed E-state index contributed by atoms with van der Waals surface area (Å²) in [5, 5.41) is 0. The summed E-state index contributed by atoms with van der Waals surface area (Å²) in [7, 11) is 0. The maximum Gasteiger partial charge on any atom is 0.215 e. The van der Waals surface area contributed by atoms with Gasteiger partial charge in [0.2, 0.25) is 5.78 Å². The Kier molecular flexibility index (Phi) is 4.51. The molecule has 3 heteroatoms. The normalized spacial score (nSPS) is 10.6. The lowest BCUT2D eigenvalue weighted by molar-refractivity contribution is 0.102. The van der Waals surface area contributed by atoms with Crippen LogP contribution in [-0.2, 0) is 6.42 Å².